The molecule has 24 heavy (non-hydrogen) atoms. The number of aryl methyl sites for hydroxylation is 2. The van der Waals surface area contributed by atoms with Gasteiger partial charge in [-0.15, -0.1) is 0 Å². The lowest BCUT2D eigenvalue weighted by molar-refractivity contribution is 0.0953. The van der Waals surface area contributed by atoms with E-state index in [0.717, 1.165) is 11.3 Å². The summed E-state index contributed by atoms with van der Waals surface area (Å²) in [5, 5.41) is 12.6. The van der Waals surface area contributed by atoms with Crippen LogP contribution in [0.1, 0.15) is 33.9 Å². The van der Waals surface area contributed by atoms with E-state index >= 15 is 0 Å². The van der Waals surface area contributed by atoms with Crippen LogP contribution >= 0.6 is 0 Å². The number of benzene rings is 1. The van der Waals surface area contributed by atoms with Gasteiger partial charge in [0.25, 0.3) is 5.91 Å². The predicted octanol–water partition coefficient (Wildman–Crippen LogP) is 3.01. The molecule has 0 aliphatic heterocycles. The molecule has 6 nitrogen and oxygen atoms in total. The maximum Gasteiger partial charge on any atom is 0.274 e. The van der Waals surface area contributed by atoms with Crippen molar-refractivity contribution in [2.75, 3.05) is 18.5 Å². The van der Waals surface area contributed by atoms with Gasteiger partial charge in [-0.2, -0.15) is 10.4 Å². The minimum atomic E-state index is -0.298. The van der Waals surface area contributed by atoms with Crippen molar-refractivity contribution in [3.8, 4) is 6.07 Å². The second-order valence-electron chi connectivity index (χ2n) is 5.45. The number of carbonyl (C=O) groups excluding carboxylic acids is 1. The first-order chi connectivity index (χ1) is 11.5. The molecule has 1 aromatic carbocycles. The van der Waals surface area contributed by atoms with Gasteiger partial charge in [-0.25, -0.2) is 5.43 Å². The summed E-state index contributed by atoms with van der Waals surface area (Å²) in [6, 6.07) is 11.5. The fraction of sp³-hybridized carbons (Fsp3) is 0.278. The number of carbonyl (C=O) groups is 1. The molecule has 1 aromatic heterocycles. The van der Waals surface area contributed by atoms with Gasteiger partial charge in [-0.1, -0.05) is 12.1 Å². The molecule has 1 N–H and O–H groups in total. The van der Waals surface area contributed by atoms with Crippen LogP contribution in [0.15, 0.2) is 39.9 Å². The van der Waals surface area contributed by atoms with Crippen LogP contribution in [0.2, 0.25) is 0 Å². The average Bonchev–Trinajstić information content (AvgIpc) is 2.91. The molecule has 0 saturated carbocycles. The van der Waals surface area contributed by atoms with E-state index in [2.05, 4.69) is 16.6 Å². The van der Waals surface area contributed by atoms with Crippen LogP contribution in [0, 0.1) is 25.2 Å². The van der Waals surface area contributed by atoms with Gasteiger partial charge in [0.15, 0.2) is 0 Å². The smallest absolute Gasteiger partial charge is 0.274 e. The summed E-state index contributed by atoms with van der Waals surface area (Å²) in [6.45, 7) is 4.22. The summed E-state index contributed by atoms with van der Waals surface area (Å²) < 4.78 is 5.33. The van der Waals surface area contributed by atoms with E-state index < -0.39 is 0 Å². The lowest BCUT2D eigenvalue weighted by Crippen LogP contribution is -2.18. The SMILES string of the molecule is Cc1cc(C(=O)N/N=C\c2ccc(N(C)CCC#N)cc2)c(C)o1. The van der Waals surface area contributed by atoms with Crippen molar-refractivity contribution in [3.05, 3.63) is 53.0 Å². The molecule has 6 heteroatoms. The van der Waals surface area contributed by atoms with E-state index in [0.29, 0.717) is 30.0 Å². The minimum absolute atomic E-state index is 0.298. The number of hydrogen-bond donors (Lipinski definition) is 1. The van der Waals surface area contributed by atoms with Gasteiger partial charge in [-0.05, 0) is 37.6 Å². The highest BCUT2D eigenvalue weighted by Crippen LogP contribution is 2.14. The van der Waals surface area contributed by atoms with E-state index in [1.54, 1.807) is 26.1 Å². The molecule has 1 amide bonds. The molecule has 2 rings (SSSR count). The van der Waals surface area contributed by atoms with Crippen LogP contribution < -0.4 is 10.3 Å². The first kappa shape index (κ1) is 17.3. The van der Waals surface area contributed by atoms with Crippen molar-refractivity contribution < 1.29 is 9.21 Å². The van der Waals surface area contributed by atoms with E-state index in [-0.39, 0.29) is 5.91 Å². The zero-order valence-electron chi connectivity index (χ0n) is 14.0. The Morgan fingerprint density at radius 1 is 1.38 bits per heavy atom. The van der Waals surface area contributed by atoms with Crippen LogP contribution in [0.5, 0.6) is 0 Å². The monoisotopic (exact) mass is 324 g/mol. The largest absolute Gasteiger partial charge is 0.466 e. The van der Waals surface area contributed by atoms with Gasteiger partial charge < -0.3 is 9.32 Å². The number of hydrazone groups is 1. The summed E-state index contributed by atoms with van der Waals surface area (Å²) >= 11 is 0. The molecular formula is C18H20N4O2. The normalized spacial score (nSPS) is 10.6. The van der Waals surface area contributed by atoms with Gasteiger partial charge in [0, 0.05) is 19.3 Å². The Morgan fingerprint density at radius 3 is 2.67 bits per heavy atom. The third-order valence-corrected chi connectivity index (χ3v) is 3.56. The number of nitriles is 1. The van der Waals surface area contributed by atoms with Crippen molar-refractivity contribution in [1.82, 2.24) is 5.43 Å². The standard InChI is InChI=1S/C18H20N4O2/c1-13-11-17(14(2)24-13)18(23)21-20-12-15-5-7-16(8-6-15)22(3)10-4-9-19/h5-8,11-12H,4,10H2,1-3H3,(H,21,23)/b20-12-. The van der Waals surface area contributed by atoms with Crippen molar-refractivity contribution in [3.63, 3.8) is 0 Å². The highest BCUT2D eigenvalue weighted by molar-refractivity contribution is 5.95. The molecule has 0 spiro atoms. The number of hydrogen-bond acceptors (Lipinski definition) is 5. The lowest BCUT2D eigenvalue weighted by atomic mass is 10.2. The Balaban J connectivity index is 1.94. The van der Waals surface area contributed by atoms with E-state index in [1.807, 2.05) is 36.2 Å². The summed E-state index contributed by atoms with van der Waals surface area (Å²) in [7, 11) is 1.94. The summed E-state index contributed by atoms with van der Waals surface area (Å²) in [6.07, 6.45) is 2.07. The zero-order chi connectivity index (χ0) is 17.5. The molecule has 0 aliphatic rings. The quantitative estimate of drug-likeness (QED) is 0.654. The molecule has 0 saturated heterocycles. The number of rotatable bonds is 6. The van der Waals surface area contributed by atoms with Crippen molar-refractivity contribution in [2.45, 2.75) is 20.3 Å². The Labute approximate surface area is 141 Å². The molecule has 0 fully saturated rings. The molecular weight excluding hydrogens is 304 g/mol. The molecule has 124 valence electrons. The Hall–Kier alpha value is -3.07. The van der Waals surface area contributed by atoms with Gasteiger partial charge in [0.05, 0.1) is 24.3 Å². The van der Waals surface area contributed by atoms with Gasteiger partial charge in [0.1, 0.15) is 11.5 Å². The third kappa shape index (κ3) is 4.46. The molecule has 0 atom stereocenters. The topological polar surface area (TPSA) is 81.6 Å². The van der Waals surface area contributed by atoms with Gasteiger partial charge in [0.2, 0.25) is 0 Å². The highest BCUT2D eigenvalue weighted by Gasteiger charge is 2.12. The second-order valence-corrected chi connectivity index (χ2v) is 5.45. The van der Waals surface area contributed by atoms with Crippen LogP contribution in [0.25, 0.3) is 0 Å². The van der Waals surface area contributed by atoms with Crippen LogP contribution in [0.3, 0.4) is 0 Å². The van der Waals surface area contributed by atoms with E-state index in [1.165, 1.54) is 0 Å². The van der Waals surface area contributed by atoms with E-state index in [9.17, 15) is 4.79 Å². The molecule has 0 bridgehead atoms. The fourth-order valence-corrected chi connectivity index (χ4v) is 2.24. The van der Waals surface area contributed by atoms with Gasteiger partial charge in [-0.3, -0.25) is 4.79 Å². The molecule has 0 aliphatic carbocycles. The summed E-state index contributed by atoms with van der Waals surface area (Å²) in [5.74, 6) is 0.969. The van der Waals surface area contributed by atoms with Crippen LogP contribution in [0.4, 0.5) is 5.69 Å². The summed E-state index contributed by atoms with van der Waals surface area (Å²) in [5.41, 5.74) is 4.87. The Kier molecular flexibility index (Phi) is 5.74. The number of amides is 1. The number of furan rings is 1. The van der Waals surface area contributed by atoms with E-state index in [4.69, 9.17) is 9.68 Å². The van der Waals surface area contributed by atoms with Crippen LogP contribution in [-0.2, 0) is 0 Å². The Bertz CT molecular complexity index is 769. The number of nitrogens with zero attached hydrogens (tertiary/aromatic N) is 3. The zero-order valence-corrected chi connectivity index (χ0v) is 14.0. The van der Waals surface area contributed by atoms with Gasteiger partial charge >= 0.3 is 0 Å². The first-order valence-electron chi connectivity index (χ1n) is 7.60. The maximum atomic E-state index is 12.0. The van der Waals surface area contributed by atoms with Crippen molar-refractivity contribution in [2.24, 2.45) is 5.10 Å². The number of nitrogens with one attached hydrogen (secondary N) is 1. The van der Waals surface area contributed by atoms with Crippen molar-refractivity contribution in [1.29, 1.82) is 5.26 Å². The minimum Gasteiger partial charge on any atom is -0.466 e. The van der Waals surface area contributed by atoms with Crippen LogP contribution in [-0.4, -0.2) is 25.7 Å². The number of anilines is 1. The molecule has 0 unspecified atom stereocenters. The summed E-state index contributed by atoms with van der Waals surface area (Å²) in [4.78, 5) is 14.0. The van der Waals surface area contributed by atoms with Crippen molar-refractivity contribution >= 4 is 17.8 Å². The predicted molar refractivity (Wildman–Crippen MR) is 93.2 cm³/mol. The second kappa shape index (κ2) is 7.97. The molecule has 0 radical (unpaired) electrons. The molecule has 1 heterocycles. The molecule has 2 aromatic rings. The highest BCUT2D eigenvalue weighted by atomic mass is 16.3. The maximum absolute atomic E-state index is 12.0. The Morgan fingerprint density at radius 2 is 2.08 bits per heavy atom. The average molecular weight is 324 g/mol. The fourth-order valence-electron chi connectivity index (χ4n) is 2.24. The lowest BCUT2D eigenvalue weighted by Gasteiger charge is -2.17. The first-order valence-corrected chi connectivity index (χ1v) is 7.60. The third-order valence-electron chi connectivity index (χ3n) is 3.56.